The van der Waals surface area contributed by atoms with Gasteiger partial charge in [-0.2, -0.15) is 5.10 Å². The Kier molecular flexibility index (Phi) is 6.63. The zero-order valence-electron chi connectivity index (χ0n) is 14.2. The molecule has 2 rings (SSSR count). The fourth-order valence-corrected chi connectivity index (χ4v) is 2.61. The van der Waals surface area contributed by atoms with Crippen molar-refractivity contribution < 1.29 is 19.4 Å². The van der Waals surface area contributed by atoms with E-state index in [0.717, 1.165) is 5.56 Å². The van der Waals surface area contributed by atoms with Crippen molar-refractivity contribution in [3.05, 3.63) is 50.6 Å². The summed E-state index contributed by atoms with van der Waals surface area (Å²) in [6.07, 6.45) is 1.47. The summed E-state index contributed by atoms with van der Waals surface area (Å²) < 4.78 is 11.1. The normalized spacial score (nSPS) is 10.7. The number of aryl methyl sites for hydroxylation is 2. The minimum Gasteiger partial charge on any atom is -0.504 e. The summed E-state index contributed by atoms with van der Waals surface area (Å²) in [6.45, 7) is 3.87. The number of hydrazone groups is 1. The minimum absolute atomic E-state index is 0.0751. The Hall–Kier alpha value is -2.29. The Balaban J connectivity index is 1.90. The van der Waals surface area contributed by atoms with Crippen LogP contribution in [0.5, 0.6) is 17.2 Å². The van der Waals surface area contributed by atoms with Crippen LogP contribution in [0, 0.1) is 17.4 Å². The second kappa shape index (κ2) is 8.70. The zero-order valence-corrected chi connectivity index (χ0v) is 16.3. The summed E-state index contributed by atoms with van der Waals surface area (Å²) in [5.74, 6) is 0.693. The summed E-state index contributed by atoms with van der Waals surface area (Å²) in [6, 6.07) is 9.00. The van der Waals surface area contributed by atoms with Crippen molar-refractivity contribution >= 4 is 34.7 Å². The fraction of sp³-hybridized carbons (Fsp3) is 0.222. The van der Waals surface area contributed by atoms with Crippen LogP contribution in [0.1, 0.15) is 16.7 Å². The molecule has 0 unspecified atom stereocenters. The first-order valence-corrected chi connectivity index (χ1v) is 8.57. The lowest BCUT2D eigenvalue weighted by atomic mass is 10.1. The number of carbonyl (C=O) groups excluding carboxylic acids is 1. The lowest BCUT2D eigenvalue weighted by molar-refractivity contribution is -0.123. The molecular weight excluding hydrogens is 435 g/mol. The Morgan fingerprint density at radius 3 is 2.72 bits per heavy atom. The molecule has 0 fully saturated rings. The highest BCUT2D eigenvalue weighted by Gasteiger charge is 2.07. The molecule has 2 aromatic rings. The third-order valence-electron chi connectivity index (χ3n) is 3.52. The van der Waals surface area contributed by atoms with Crippen molar-refractivity contribution in [3.8, 4) is 17.2 Å². The number of amides is 1. The average molecular weight is 454 g/mol. The number of methoxy groups -OCH3 is 1. The highest BCUT2D eigenvalue weighted by atomic mass is 127. The average Bonchev–Trinajstić information content (AvgIpc) is 2.59. The van der Waals surface area contributed by atoms with Crippen LogP contribution < -0.4 is 14.9 Å². The SMILES string of the molecule is COc1cc(/C=N\NC(=O)COc2ccc(C)c(C)c2)cc(I)c1O. The van der Waals surface area contributed by atoms with E-state index in [-0.39, 0.29) is 18.3 Å². The van der Waals surface area contributed by atoms with Crippen molar-refractivity contribution in [1.82, 2.24) is 5.43 Å². The first-order chi connectivity index (χ1) is 11.9. The zero-order chi connectivity index (χ0) is 18.4. The number of phenolic OH excluding ortho intramolecular Hbond substituents is 1. The van der Waals surface area contributed by atoms with Gasteiger partial charge >= 0.3 is 0 Å². The maximum Gasteiger partial charge on any atom is 0.277 e. The molecule has 0 aliphatic heterocycles. The van der Waals surface area contributed by atoms with Gasteiger partial charge in [-0.3, -0.25) is 4.79 Å². The van der Waals surface area contributed by atoms with E-state index in [9.17, 15) is 9.90 Å². The molecule has 0 spiro atoms. The van der Waals surface area contributed by atoms with Crippen LogP contribution in [-0.4, -0.2) is 30.9 Å². The number of hydrogen-bond acceptors (Lipinski definition) is 5. The Labute approximate surface area is 160 Å². The first kappa shape index (κ1) is 19.0. The summed E-state index contributed by atoms with van der Waals surface area (Å²) >= 11 is 1.99. The van der Waals surface area contributed by atoms with Crippen molar-refractivity contribution in [2.24, 2.45) is 5.10 Å². The quantitative estimate of drug-likeness (QED) is 0.400. The van der Waals surface area contributed by atoms with Crippen LogP contribution in [-0.2, 0) is 4.79 Å². The lowest BCUT2D eigenvalue weighted by Crippen LogP contribution is -2.24. The molecular formula is C18H19IN2O4. The first-order valence-electron chi connectivity index (χ1n) is 7.49. The number of carbonyl (C=O) groups is 1. The number of aromatic hydroxyl groups is 1. The van der Waals surface area contributed by atoms with Crippen molar-refractivity contribution in [2.75, 3.05) is 13.7 Å². The van der Waals surface area contributed by atoms with Gasteiger partial charge in [0.05, 0.1) is 16.9 Å². The number of hydrogen-bond donors (Lipinski definition) is 2. The van der Waals surface area contributed by atoms with Gasteiger partial charge < -0.3 is 14.6 Å². The Morgan fingerprint density at radius 2 is 2.04 bits per heavy atom. The van der Waals surface area contributed by atoms with E-state index >= 15 is 0 Å². The van der Waals surface area contributed by atoms with E-state index < -0.39 is 0 Å². The second-order valence-corrected chi connectivity index (χ2v) is 6.54. The number of phenols is 1. The summed E-state index contributed by atoms with van der Waals surface area (Å²) in [5, 5.41) is 13.7. The fourth-order valence-electron chi connectivity index (χ4n) is 1.99. The van der Waals surface area contributed by atoms with Crippen LogP contribution in [0.25, 0.3) is 0 Å². The molecule has 0 saturated heterocycles. The molecule has 7 heteroatoms. The van der Waals surface area contributed by atoms with E-state index in [4.69, 9.17) is 9.47 Å². The van der Waals surface area contributed by atoms with Crippen LogP contribution in [0.2, 0.25) is 0 Å². The number of nitrogens with one attached hydrogen (secondary N) is 1. The van der Waals surface area contributed by atoms with Gasteiger partial charge in [-0.05, 0) is 77.4 Å². The molecule has 0 radical (unpaired) electrons. The molecule has 0 bridgehead atoms. The Bertz CT molecular complexity index is 806. The summed E-state index contributed by atoms with van der Waals surface area (Å²) in [5.41, 5.74) is 5.36. The van der Waals surface area contributed by atoms with E-state index in [2.05, 4.69) is 10.5 Å². The van der Waals surface area contributed by atoms with Gasteiger partial charge in [0.2, 0.25) is 0 Å². The topological polar surface area (TPSA) is 80.2 Å². The Morgan fingerprint density at radius 1 is 1.28 bits per heavy atom. The van der Waals surface area contributed by atoms with Crippen LogP contribution in [0.3, 0.4) is 0 Å². The number of ether oxygens (including phenoxy) is 2. The molecule has 0 heterocycles. The third kappa shape index (κ3) is 5.35. The van der Waals surface area contributed by atoms with Crippen molar-refractivity contribution in [2.45, 2.75) is 13.8 Å². The van der Waals surface area contributed by atoms with E-state index in [1.165, 1.54) is 18.9 Å². The van der Waals surface area contributed by atoms with Gasteiger partial charge in [0.1, 0.15) is 5.75 Å². The molecule has 6 nitrogen and oxygen atoms in total. The van der Waals surface area contributed by atoms with Gasteiger partial charge in [-0.1, -0.05) is 6.07 Å². The largest absolute Gasteiger partial charge is 0.504 e. The highest BCUT2D eigenvalue weighted by Crippen LogP contribution is 2.31. The minimum atomic E-state index is -0.366. The predicted molar refractivity (Wildman–Crippen MR) is 105 cm³/mol. The van der Waals surface area contributed by atoms with Crippen molar-refractivity contribution in [1.29, 1.82) is 0 Å². The summed E-state index contributed by atoms with van der Waals surface area (Å²) in [7, 11) is 1.47. The molecule has 2 N–H and O–H groups in total. The molecule has 0 aliphatic carbocycles. The standard InChI is InChI=1S/C18H19IN2O4/c1-11-4-5-14(6-12(11)2)25-10-17(22)21-20-9-13-7-15(19)18(23)16(8-13)24-3/h4-9,23H,10H2,1-3H3,(H,21,22)/b20-9-. The van der Waals surface area contributed by atoms with Crippen LogP contribution in [0.15, 0.2) is 35.4 Å². The summed E-state index contributed by atoms with van der Waals surface area (Å²) in [4.78, 5) is 11.8. The molecule has 0 atom stereocenters. The van der Waals surface area contributed by atoms with Gasteiger partial charge in [-0.25, -0.2) is 5.43 Å². The van der Waals surface area contributed by atoms with Crippen LogP contribution in [0.4, 0.5) is 0 Å². The van der Waals surface area contributed by atoms with Gasteiger partial charge in [0.15, 0.2) is 18.1 Å². The van der Waals surface area contributed by atoms with Crippen molar-refractivity contribution in [3.63, 3.8) is 0 Å². The number of halogens is 1. The van der Waals surface area contributed by atoms with E-state index in [1.54, 1.807) is 12.1 Å². The van der Waals surface area contributed by atoms with Crippen LogP contribution >= 0.6 is 22.6 Å². The number of benzene rings is 2. The van der Waals surface area contributed by atoms with Gasteiger partial charge in [0, 0.05) is 0 Å². The number of nitrogens with zero attached hydrogens (tertiary/aromatic N) is 1. The molecule has 25 heavy (non-hydrogen) atoms. The predicted octanol–water partition coefficient (Wildman–Crippen LogP) is 3.15. The maximum atomic E-state index is 11.8. The highest BCUT2D eigenvalue weighted by molar-refractivity contribution is 14.1. The molecule has 1 amide bonds. The monoisotopic (exact) mass is 454 g/mol. The second-order valence-electron chi connectivity index (χ2n) is 5.38. The smallest absolute Gasteiger partial charge is 0.277 e. The molecule has 0 aliphatic rings. The van der Waals surface area contributed by atoms with Gasteiger partial charge in [-0.15, -0.1) is 0 Å². The number of rotatable bonds is 6. The lowest BCUT2D eigenvalue weighted by Gasteiger charge is -2.07. The third-order valence-corrected chi connectivity index (χ3v) is 4.34. The molecule has 132 valence electrons. The maximum absolute atomic E-state index is 11.8. The van der Waals surface area contributed by atoms with E-state index in [0.29, 0.717) is 20.6 Å². The van der Waals surface area contributed by atoms with Gasteiger partial charge in [0.25, 0.3) is 5.91 Å². The molecule has 0 saturated carbocycles. The molecule has 2 aromatic carbocycles. The van der Waals surface area contributed by atoms with E-state index in [1.807, 2.05) is 54.6 Å². The molecule has 0 aromatic heterocycles.